The van der Waals surface area contributed by atoms with E-state index in [-0.39, 0.29) is 5.91 Å². The maximum Gasteiger partial charge on any atom is 0.277 e. The van der Waals surface area contributed by atoms with E-state index in [4.69, 9.17) is 0 Å². The molecule has 3 rings (SSSR count). The number of hydrazine groups is 1. The van der Waals surface area contributed by atoms with Crippen LogP contribution in [-0.4, -0.2) is 10.9 Å². The highest BCUT2D eigenvalue weighted by atomic mass is 16.2. The van der Waals surface area contributed by atoms with Gasteiger partial charge >= 0.3 is 0 Å². The largest absolute Gasteiger partial charge is 0.291 e. The highest BCUT2D eigenvalue weighted by Crippen LogP contribution is 2.33. The summed E-state index contributed by atoms with van der Waals surface area (Å²) >= 11 is 0. The van der Waals surface area contributed by atoms with E-state index in [1.807, 2.05) is 56.3 Å². The molecular formula is C17H16N2O. The maximum absolute atomic E-state index is 12.5. The lowest BCUT2D eigenvalue weighted by atomic mass is 10.0. The van der Waals surface area contributed by atoms with Gasteiger partial charge in [-0.3, -0.25) is 10.2 Å². The van der Waals surface area contributed by atoms with Crippen LogP contribution in [0.4, 0.5) is 5.69 Å². The molecule has 2 aromatic carbocycles. The van der Waals surface area contributed by atoms with Crippen LogP contribution in [0.5, 0.6) is 0 Å². The molecule has 0 atom stereocenters. The Labute approximate surface area is 118 Å². The van der Waals surface area contributed by atoms with E-state index in [9.17, 15) is 4.79 Å². The normalized spacial score (nSPS) is 13.6. The van der Waals surface area contributed by atoms with Crippen LogP contribution in [0.25, 0.3) is 5.70 Å². The first-order chi connectivity index (χ1) is 9.58. The van der Waals surface area contributed by atoms with Crippen molar-refractivity contribution >= 4 is 17.3 Å². The van der Waals surface area contributed by atoms with Crippen molar-refractivity contribution in [3.8, 4) is 0 Å². The standard InChI is InChI=1S/C17H16N2O/c1-11-9-15-13(3)19(17(20)16(15)10-12(11)2)18-14-7-5-4-6-8-14/h4-10,18H,3H2,1-2H3. The number of rotatable bonds is 2. The SMILES string of the molecule is C=C1c2cc(C)c(C)cc2C(=O)N1Nc1ccccc1. The average Bonchev–Trinajstić information content (AvgIpc) is 2.66. The minimum Gasteiger partial charge on any atom is -0.291 e. The first kappa shape index (κ1) is 12.5. The molecule has 0 spiro atoms. The molecule has 1 aliphatic heterocycles. The van der Waals surface area contributed by atoms with Gasteiger partial charge in [-0.2, -0.15) is 0 Å². The number of nitrogens with one attached hydrogen (secondary N) is 1. The second-order valence-electron chi connectivity index (χ2n) is 5.05. The van der Waals surface area contributed by atoms with Crippen LogP contribution < -0.4 is 5.43 Å². The number of nitrogens with zero attached hydrogens (tertiary/aromatic N) is 1. The Hall–Kier alpha value is -2.55. The van der Waals surface area contributed by atoms with Crippen molar-refractivity contribution in [2.45, 2.75) is 13.8 Å². The zero-order chi connectivity index (χ0) is 14.3. The van der Waals surface area contributed by atoms with E-state index in [0.717, 1.165) is 16.8 Å². The Bertz CT molecular complexity index is 663. The highest BCUT2D eigenvalue weighted by molar-refractivity contribution is 6.09. The van der Waals surface area contributed by atoms with Crippen LogP contribution in [0.15, 0.2) is 49.0 Å². The number of amides is 1. The van der Waals surface area contributed by atoms with Gasteiger partial charge in [0.2, 0.25) is 0 Å². The summed E-state index contributed by atoms with van der Waals surface area (Å²) in [6, 6.07) is 13.6. The van der Waals surface area contributed by atoms with Gasteiger partial charge in [-0.05, 0) is 49.2 Å². The van der Waals surface area contributed by atoms with Crippen molar-refractivity contribution in [3.63, 3.8) is 0 Å². The number of carbonyl (C=O) groups excluding carboxylic acids is 1. The van der Waals surface area contributed by atoms with Gasteiger partial charge < -0.3 is 0 Å². The zero-order valence-corrected chi connectivity index (χ0v) is 11.6. The van der Waals surface area contributed by atoms with Gasteiger partial charge in [0, 0.05) is 5.56 Å². The molecule has 0 radical (unpaired) electrons. The fourth-order valence-corrected chi connectivity index (χ4v) is 2.36. The number of carbonyl (C=O) groups is 1. The molecule has 1 aliphatic rings. The first-order valence-corrected chi connectivity index (χ1v) is 6.54. The second-order valence-corrected chi connectivity index (χ2v) is 5.05. The summed E-state index contributed by atoms with van der Waals surface area (Å²) in [6.45, 7) is 8.09. The number of aryl methyl sites for hydroxylation is 2. The smallest absolute Gasteiger partial charge is 0.277 e. The molecule has 0 bridgehead atoms. The van der Waals surface area contributed by atoms with Crippen LogP contribution in [-0.2, 0) is 0 Å². The monoisotopic (exact) mass is 264 g/mol. The van der Waals surface area contributed by atoms with Crippen molar-refractivity contribution < 1.29 is 4.79 Å². The molecule has 1 heterocycles. The third kappa shape index (κ3) is 1.88. The number of hydrogen-bond donors (Lipinski definition) is 1. The lowest BCUT2D eigenvalue weighted by molar-refractivity contribution is 0.0873. The minimum absolute atomic E-state index is 0.0584. The summed E-state index contributed by atoms with van der Waals surface area (Å²) in [5.74, 6) is -0.0584. The number of anilines is 1. The molecule has 2 aromatic rings. The molecule has 1 amide bonds. The van der Waals surface area contributed by atoms with Crippen LogP contribution >= 0.6 is 0 Å². The summed E-state index contributed by atoms with van der Waals surface area (Å²) in [6.07, 6.45) is 0. The molecule has 1 N–H and O–H groups in total. The van der Waals surface area contributed by atoms with E-state index in [1.165, 1.54) is 10.6 Å². The Morgan fingerprint density at radius 3 is 2.25 bits per heavy atom. The van der Waals surface area contributed by atoms with Crippen LogP contribution in [0, 0.1) is 13.8 Å². The third-order valence-corrected chi connectivity index (χ3v) is 3.66. The Morgan fingerprint density at radius 1 is 1.00 bits per heavy atom. The van der Waals surface area contributed by atoms with Gasteiger partial charge in [0.25, 0.3) is 5.91 Å². The van der Waals surface area contributed by atoms with E-state index < -0.39 is 0 Å². The number of para-hydroxylation sites is 1. The minimum atomic E-state index is -0.0584. The van der Waals surface area contributed by atoms with Gasteiger partial charge in [0.15, 0.2) is 0 Å². The summed E-state index contributed by atoms with van der Waals surface area (Å²) in [4.78, 5) is 12.5. The maximum atomic E-state index is 12.5. The molecule has 0 saturated carbocycles. The van der Waals surface area contributed by atoms with Crippen molar-refractivity contribution in [2.75, 3.05) is 5.43 Å². The van der Waals surface area contributed by atoms with E-state index in [0.29, 0.717) is 11.3 Å². The van der Waals surface area contributed by atoms with Gasteiger partial charge in [0.1, 0.15) is 0 Å². The fraction of sp³-hybridized carbons (Fsp3) is 0.118. The molecule has 3 nitrogen and oxygen atoms in total. The van der Waals surface area contributed by atoms with Crippen molar-refractivity contribution in [2.24, 2.45) is 0 Å². The molecule has 0 fully saturated rings. The third-order valence-electron chi connectivity index (χ3n) is 3.66. The first-order valence-electron chi connectivity index (χ1n) is 6.54. The molecule has 0 aliphatic carbocycles. The average molecular weight is 264 g/mol. The molecule has 0 saturated heterocycles. The van der Waals surface area contributed by atoms with Crippen LogP contribution in [0.2, 0.25) is 0 Å². The summed E-state index contributed by atoms with van der Waals surface area (Å²) in [5, 5.41) is 1.51. The number of hydrogen-bond acceptors (Lipinski definition) is 2. The lowest BCUT2D eigenvalue weighted by Crippen LogP contribution is -2.29. The number of fused-ring (bicyclic) bond motifs is 1. The van der Waals surface area contributed by atoms with Gasteiger partial charge in [0.05, 0.1) is 16.9 Å². The molecule has 20 heavy (non-hydrogen) atoms. The molecule has 3 heteroatoms. The zero-order valence-electron chi connectivity index (χ0n) is 11.6. The van der Waals surface area contributed by atoms with Crippen molar-refractivity contribution in [1.82, 2.24) is 5.01 Å². The van der Waals surface area contributed by atoms with Gasteiger partial charge in [-0.15, -0.1) is 0 Å². The van der Waals surface area contributed by atoms with Crippen molar-refractivity contribution in [3.05, 3.63) is 71.3 Å². The molecule has 100 valence electrons. The topological polar surface area (TPSA) is 32.3 Å². The molecule has 0 unspecified atom stereocenters. The fourth-order valence-electron chi connectivity index (χ4n) is 2.36. The Balaban J connectivity index is 1.97. The van der Waals surface area contributed by atoms with E-state index >= 15 is 0 Å². The summed E-state index contributed by atoms with van der Waals surface area (Å²) in [5.41, 5.74) is 8.56. The Morgan fingerprint density at radius 2 is 1.60 bits per heavy atom. The summed E-state index contributed by atoms with van der Waals surface area (Å²) in [7, 11) is 0. The molecule has 0 aromatic heterocycles. The van der Waals surface area contributed by atoms with E-state index in [2.05, 4.69) is 12.0 Å². The van der Waals surface area contributed by atoms with Crippen LogP contribution in [0.3, 0.4) is 0 Å². The lowest BCUT2D eigenvalue weighted by Gasteiger charge is -2.19. The quantitative estimate of drug-likeness (QED) is 0.895. The molecular weight excluding hydrogens is 248 g/mol. The predicted octanol–water partition coefficient (Wildman–Crippen LogP) is 3.76. The Kier molecular flexibility index (Phi) is 2.83. The van der Waals surface area contributed by atoms with Crippen LogP contribution in [0.1, 0.15) is 27.0 Å². The predicted molar refractivity (Wildman–Crippen MR) is 81.2 cm³/mol. The highest BCUT2D eigenvalue weighted by Gasteiger charge is 2.31. The van der Waals surface area contributed by atoms with E-state index in [1.54, 1.807) is 0 Å². The summed E-state index contributed by atoms with van der Waals surface area (Å²) < 4.78 is 0. The van der Waals surface area contributed by atoms with Gasteiger partial charge in [-0.25, -0.2) is 5.01 Å². The number of benzene rings is 2. The van der Waals surface area contributed by atoms with Gasteiger partial charge in [-0.1, -0.05) is 24.8 Å². The second kappa shape index (κ2) is 4.53. The van der Waals surface area contributed by atoms with Crippen molar-refractivity contribution in [1.29, 1.82) is 0 Å².